The Kier molecular flexibility index (Phi) is 4.60. The third kappa shape index (κ3) is 3.22. The summed E-state index contributed by atoms with van der Waals surface area (Å²) in [5.41, 5.74) is 8.24. The van der Waals surface area contributed by atoms with E-state index in [4.69, 9.17) is 5.73 Å². The lowest BCUT2D eigenvalue weighted by atomic mass is 10.1. The van der Waals surface area contributed by atoms with Gasteiger partial charge in [-0.05, 0) is 51.0 Å². The van der Waals surface area contributed by atoms with Crippen molar-refractivity contribution in [3.63, 3.8) is 0 Å². The van der Waals surface area contributed by atoms with Gasteiger partial charge in [0.1, 0.15) is 4.90 Å². The molecule has 0 radical (unpaired) electrons. The zero-order chi connectivity index (χ0) is 15.8. The summed E-state index contributed by atoms with van der Waals surface area (Å²) in [6.45, 7) is 10.7. The van der Waals surface area contributed by atoms with E-state index in [9.17, 15) is 8.42 Å². The second kappa shape index (κ2) is 5.94. The summed E-state index contributed by atoms with van der Waals surface area (Å²) in [5.74, 6) is 0. The van der Waals surface area contributed by atoms with Gasteiger partial charge in [-0.1, -0.05) is 0 Å². The molecule has 1 saturated heterocycles. The highest BCUT2D eigenvalue weighted by Crippen LogP contribution is 2.26. The van der Waals surface area contributed by atoms with Gasteiger partial charge in [0, 0.05) is 32.2 Å². The minimum atomic E-state index is -3.50. The first-order valence-corrected chi connectivity index (χ1v) is 8.78. The second-order valence-electron chi connectivity index (χ2n) is 6.01. The summed E-state index contributed by atoms with van der Waals surface area (Å²) in [5, 5.41) is 0. The molecule has 2 rings (SSSR count). The molecule has 0 aliphatic carbocycles. The lowest BCUT2D eigenvalue weighted by Crippen LogP contribution is -2.50. The van der Waals surface area contributed by atoms with Gasteiger partial charge in [0.05, 0.1) is 5.69 Å². The number of sulfonamides is 1. The molecule has 0 saturated carbocycles. The number of aryl methyl sites for hydroxylation is 2. The topological polar surface area (TPSA) is 66.6 Å². The first-order chi connectivity index (χ1) is 9.73. The van der Waals surface area contributed by atoms with Gasteiger partial charge >= 0.3 is 0 Å². The second-order valence-corrected chi connectivity index (χ2v) is 7.91. The van der Waals surface area contributed by atoms with Crippen molar-refractivity contribution in [1.29, 1.82) is 0 Å². The van der Waals surface area contributed by atoms with Gasteiger partial charge in [-0.15, -0.1) is 0 Å². The Morgan fingerprint density at radius 2 is 1.57 bits per heavy atom. The SMILES string of the molecule is Cc1cc(N)c(S(=O)(=O)N2CCN(C(C)C)CC2)cc1C. The first-order valence-electron chi connectivity index (χ1n) is 7.34. The van der Waals surface area contributed by atoms with Gasteiger partial charge in [0.25, 0.3) is 0 Å². The Morgan fingerprint density at radius 1 is 1.05 bits per heavy atom. The molecule has 21 heavy (non-hydrogen) atoms. The summed E-state index contributed by atoms with van der Waals surface area (Å²) in [4.78, 5) is 2.53. The monoisotopic (exact) mass is 311 g/mol. The number of rotatable bonds is 3. The number of nitrogen functional groups attached to an aromatic ring is 1. The molecule has 1 aromatic carbocycles. The maximum atomic E-state index is 12.8. The van der Waals surface area contributed by atoms with Gasteiger partial charge in [0.2, 0.25) is 10.0 Å². The molecule has 1 aliphatic heterocycles. The molecular formula is C15H25N3O2S. The van der Waals surface area contributed by atoms with Crippen molar-refractivity contribution < 1.29 is 8.42 Å². The summed E-state index contributed by atoms with van der Waals surface area (Å²) in [6, 6.07) is 3.88. The van der Waals surface area contributed by atoms with Crippen LogP contribution >= 0.6 is 0 Å². The van der Waals surface area contributed by atoms with Crippen LogP contribution in [0.5, 0.6) is 0 Å². The van der Waals surface area contributed by atoms with Gasteiger partial charge in [0.15, 0.2) is 0 Å². The lowest BCUT2D eigenvalue weighted by Gasteiger charge is -2.36. The number of piperazine rings is 1. The zero-order valence-corrected chi connectivity index (χ0v) is 14.1. The van der Waals surface area contributed by atoms with E-state index in [2.05, 4.69) is 18.7 Å². The van der Waals surface area contributed by atoms with Crippen molar-refractivity contribution in [3.05, 3.63) is 23.3 Å². The minimum Gasteiger partial charge on any atom is -0.398 e. The molecule has 1 aliphatic rings. The number of nitrogens with zero attached hydrogens (tertiary/aromatic N) is 2. The molecule has 118 valence electrons. The largest absolute Gasteiger partial charge is 0.398 e. The van der Waals surface area contributed by atoms with Crippen LogP contribution in [-0.4, -0.2) is 49.8 Å². The fourth-order valence-corrected chi connectivity index (χ4v) is 4.24. The smallest absolute Gasteiger partial charge is 0.245 e. The van der Waals surface area contributed by atoms with E-state index >= 15 is 0 Å². The third-order valence-corrected chi connectivity index (χ3v) is 6.20. The fraction of sp³-hybridized carbons (Fsp3) is 0.600. The summed E-state index contributed by atoms with van der Waals surface area (Å²) in [6.07, 6.45) is 0. The average Bonchev–Trinajstić information content (AvgIpc) is 2.42. The van der Waals surface area contributed by atoms with Crippen LogP contribution in [0.15, 0.2) is 17.0 Å². The Morgan fingerprint density at radius 3 is 2.10 bits per heavy atom. The summed E-state index contributed by atoms with van der Waals surface area (Å²) >= 11 is 0. The van der Waals surface area contributed by atoms with Crippen LogP contribution < -0.4 is 5.73 Å². The van der Waals surface area contributed by atoms with Gasteiger partial charge < -0.3 is 5.73 Å². The maximum Gasteiger partial charge on any atom is 0.245 e. The Hall–Kier alpha value is -1.11. The number of hydrogen-bond donors (Lipinski definition) is 1. The molecule has 0 spiro atoms. The fourth-order valence-electron chi connectivity index (χ4n) is 2.63. The molecule has 1 fully saturated rings. The molecule has 6 heteroatoms. The van der Waals surface area contributed by atoms with Crippen LogP contribution in [0.4, 0.5) is 5.69 Å². The van der Waals surface area contributed by atoms with E-state index in [1.165, 1.54) is 0 Å². The molecule has 1 aromatic rings. The van der Waals surface area contributed by atoms with Gasteiger partial charge in [-0.3, -0.25) is 4.90 Å². The van der Waals surface area contributed by atoms with Crippen LogP contribution in [0.3, 0.4) is 0 Å². The van der Waals surface area contributed by atoms with Crippen molar-refractivity contribution in [1.82, 2.24) is 9.21 Å². The van der Waals surface area contributed by atoms with Crippen LogP contribution in [0.1, 0.15) is 25.0 Å². The van der Waals surface area contributed by atoms with Gasteiger partial charge in [-0.2, -0.15) is 4.31 Å². The number of anilines is 1. The Balaban J connectivity index is 2.26. The Labute approximate surface area is 127 Å². The zero-order valence-electron chi connectivity index (χ0n) is 13.3. The highest BCUT2D eigenvalue weighted by molar-refractivity contribution is 7.89. The van der Waals surface area contributed by atoms with Gasteiger partial charge in [-0.25, -0.2) is 8.42 Å². The molecule has 1 heterocycles. The van der Waals surface area contributed by atoms with Crippen LogP contribution in [0, 0.1) is 13.8 Å². The Bertz CT molecular complexity index is 618. The van der Waals surface area contributed by atoms with Crippen LogP contribution in [-0.2, 0) is 10.0 Å². The molecule has 0 bridgehead atoms. The molecule has 0 amide bonds. The van der Waals surface area contributed by atoms with Crippen molar-refractivity contribution in [3.8, 4) is 0 Å². The van der Waals surface area contributed by atoms with Crippen LogP contribution in [0.2, 0.25) is 0 Å². The number of benzene rings is 1. The van der Waals surface area contributed by atoms with Crippen LogP contribution in [0.25, 0.3) is 0 Å². The quantitative estimate of drug-likeness (QED) is 0.861. The summed E-state index contributed by atoms with van der Waals surface area (Å²) in [7, 11) is -3.50. The summed E-state index contributed by atoms with van der Waals surface area (Å²) < 4.78 is 27.1. The third-order valence-electron chi connectivity index (χ3n) is 4.25. The highest BCUT2D eigenvalue weighted by Gasteiger charge is 2.30. The maximum absolute atomic E-state index is 12.8. The van der Waals surface area contributed by atoms with E-state index in [1.54, 1.807) is 16.4 Å². The normalized spacial score (nSPS) is 18.3. The highest BCUT2D eigenvalue weighted by atomic mass is 32.2. The van der Waals surface area contributed by atoms with Crippen molar-refractivity contribution in [2.75, 3.05) is 31.9 Å². The molecule has 2 N–H and O–H groups in total. The van der Waals surface area contributed by atoms with E-state index in [0.717, 1.165) is 24.2 Å². The van der Waals surface area contributed by atoms with E-state index in [-0.39, 0.29) is 4.90 Å². The predicted molar refractivity (Wildman–Crippen MR) is 85.8 cm³/mol. The van der Waals surface area contributed by atoms with Crippen molar-refractivity contribution in [2.45, 2.75) is 38.6 Å². The standard InChI is InChI=1S/C15H25N3O2S/c1-11(2)17-5-7-18(8-6-17)21(19,20)15-10-13(4)12(3)9-14(15)16/h9-11H,5-8,16H2,1-4H3. The molecule has 0 unspecified atom stereocenters. The first kappa shape index (κ1) is 16.3. The van der Waals surface area contributed by atoms with E-state index in [0.29, 0.717) is 24.8 Å². The average molecular weight is 311 g/mol. The molecule has 0 aromatic heterocycles. The van der Waals surface area contributed by atoms with Crippen molar-refractivity contribution in [2.24, 2.45) is 0 Å². The van der Waals surface area contributed by atoms with Crippen molar-refractivity contribution >= 4 is 15.7 Å². The molecular weight excluding hydrogens is 286 g/mol. The predicted octanol–water partition coefficient (Wildman–Crippen LogP) is 1.60. The lowest BCUT2D eigenvalue weighted by molar-refractivity contribution is 0.154. The van der Waals surface area contributed by atoms with E-state index in [1.807, 2.05) is 13.8 Å². The minimum absolute atomic E-state index is 0.239. The number of hydrogen-bond acceptors (Lipinski definition) is 4. The van der Waals surface area contributed by atoms with E-state index < -0.39 is 10.0 Å². The number of nitrogens with two attached hydrogens (primary N) is 1. The molecule has 0 atom stereocenters. The molecule has 5 nitrogen and oxygen atoms in total.